The van der Waals surface area contributed by atoms with Gasteiger partial charge < -0.3 is 19.8 Å². The van der Waals surface area contributed by atoms with Crippen LogP contribution >= 0.6 is 0 Å². The molecule has 0 radical (unpaired) electrons. The van der Waals surface area contributed by atoms with E-state index in [1.807, 2.05) is 48.2 Å². The predicted octanol–water partition coefficient (Wildman–Crippen LogP) is 0.862. The summed E-state index contributed by atoms with van der Waals surface area (Å²) in [6.45, 7) is 9.50. The number of hydrogen-bond acceptors (Lipinski definition) is 7. The summed E-state index contributed by atoms with van der Waals surface area (Å²) in [6, 6.07) is 11.8. The summed E-state index contributed by atoms with van der Waals surface area (Å²) in [4.78, 5) is 21.3. The summed E-state index contributed by atoms with van der Waals surface area (Å²) in [7, 11) is 0. The van der Waals surface area contributed by atoms with E-state index in [1.165, 1.54) is 0 Å². The standard InChI is InChI=1S/C22H30N6O2/c1-18-2-4-19(5-3-18)22(30)28-14-12-27(13-15-28)21-7-6-20(23-24-21)26-10-8-25(9-11-26)16-17-29/h2-7,29H,8-17H2,1H3. The number of hydrogen-bond donors (Lipinski definition) is 1. The highest BCUT2D eigenvalue weighted by Gasteiger charge is 2.24. The molecule has 8 heteroatoms. The van der Waals surface area contributed by atoms with Crippen molar-refractivity contribution in [1.29, 1.82) is 0 Å². The van der Waals surface area contributed by atoms with Crippen molar-refractivity contribution < 1.29 is 9.90 Å². The Morgan fingerprint density at radius 3 is 1.87 bits per heavy atom. The number of β-amino-alcohol motifs (C(OH)–C–C–N with tert-alkyl or cyclic N) is 1. The number of carbonyl (C=O) groups excluding carboxylic acids is 1. The average Bonchev–Trinajstić information content (AvgIpc) is 2.80. The molecular weight excluding hydrogens is 380 g/mol. The second-order valence-corrected chi connectivity index (χ2v) is 7.95. The first-order valence-electron chi connectivity index (χ1n) is 10.7. The summed E-state index contributed by atoms with van der Waals surface area (Å²) in [5.41, 5.74) is 1.91. The van der Waals surface area contributed by atoms with Gasteiger partial charge in [0.25, 0.3) is 5.91 Å². The SMILES string of the molecule is Cc1ccc(C(=O)N2CCN(c3ccc(N4CCN(CCO)CC4)nn3)CC2)cc1. The van der Waals surface area contributed by atoms with Crippen LogP contribution < -0.4 is 9.80 Å². The van der Waals surface area contributed by atoms with Crippen LogP contribution in [0, 0.1) is 6.92 Å². The van der Waals surface area contributed by atoms with Crippen molar-refractivity contribution in [1.82, 2.24) is 20.0 Å². The highest BCUT2D eigenvalue weighted by molar-refractivity contribution is 5.94. The predicted molar refractivity (Wildman–Crippen MR) is 117 cm³/mol. The molecule has 4 rings (SSSR count). The Morgan fingerprint density at radius 2 is 1.37 bits per heavy atom. The fourth-order valence-corrected chi connectivity index (χ4v) is 4.01. The Hall–Kier alpha value is -2.71. The number of nitrogens with zero attached hydrogens (tertiary/aromatic N) is 6. The number of benzene rings is 1. The minimum Gasteiger partial charge on any atom is -0.395 e. The van der Waals surface area contributed by atoms with E-state index in [2.05, 4.69) is 24.9 Å². The topological polar surface area (TPSA) is 76.0 Å². The monoisotopic (exact) mass is 410 g/mol. The Kier molecular flexibility index (Phi) is 6.44. The van der Waals surface area contributed by atoms with Crippen LogP contribution in [0.4, 0.5) is 11.6 Å². The first-order chi connectivity index (χ1) is 14.6. The van der Waals surface area contributed by atoms with Crippen molar-refractivity contribution in [2.45, 2.75) is 6.92 Å². The molecule has 160 valence electrons. The van der Waals surface area contributed by atoms with Gasteiger partial charge in [0, 0.05) is 64.5 Å². The number of anilines is 2. The second-order valence-electron chi connectivity index (χ2n) is 7.95. The van der Waals surface area contributed by atoms with Crippen molar-refractivity contribution in [2.24, 2.45) is 0 Å². The van der Waals surface area contributed by atoms with Crippen LogP contribution in [0.25, 0.3) is 0 Å². The normalized spacial score (nSPS) is 18.0. The van der Waals surface area contributed by atoms with E-state index >= 15 is 0 Å². The maximum atomic E-state index is 12.7. The van der Waals surface area contributed by atoms with E-state index in [4.69, 9.17) is 5.11 Å². The molecular formula is C22H30N6O2. The van der Waals surface area contributed by atoms with Crippen molar-refractivity contribution in [3.63, 3.8) is 0 Å². The van der Waals surface area contributed by atoms with Gasteiger partial charge in [0.15, 0.2) is 11.6 Å². The number of aliphatic hydroxyl groups is 1. The molecule has 1 amide bonds. The quantitative estimate of drug-likeness (QED) is 0.784. The molecule has 2 saturated heterocycles. The van der Waals surface area contributed by atoms with Crippen LogP contribution in [0.2, 0.25) is 0 Å². The number of aliphatic hydroxyl groups excluding tert-OH is 1. The van der Waals surface area contributed by atoms with Gasteiger partial charge in [0.1, 0.15) is 0 Å². The third-order valence-corrected chi connectivity index (χ3v) is 5.94. The van der Waals surface area contributed by atoms with Crippen LogP contribution in [-0.2, 0) is 0 Å². The van der Waals surface area contributed by atoms with Crippen LogP contribution in [-0.4, -0.2) is 96.5 Å². The average molecular weight is 411 g/mol. The zero-order valence-electron chi connectivity index (χ0n) is 17.6. The largest absolute Gasteiger partial charge is 0.395 e. The lowest BCUT2D eigenvalue weighted by Crippen LogP contribution is -2.49. The van der Waals surface area contributed by atoms with E-state index in [9.17, 15) is 4.79 Å². The Morgan fingerprint density at radius 1 is 0.833 bits per heavy atom. The van der Waals surface area contributed by atoms with Crippen molar-refractivity contribution in [3.8, 4) is 0 Å². The molecule has 1 N–H and O–H groups in total. The molecule has 8 nitrogen and oxygen atoms in total. The number of carbonyl (C=O) groups is 1. The lowest BCUT2D eigenvalue weighted by Gasteiger charge is -2.36. The minimum absolute atomic E-state index is 0.0939. The molecule has 3 heterocycles. The van der Waals surface area contributed by atoms with E-state index in [0.717, 1.165) is 68.6 Å². The third-order valence-electron chi connectivity index (χ3n) is 5.94. The number of aromatic nitrogens is 2. The second kappa shape index (κ2) is 9.40. The zero-order chi connectivity index (χ0) is 20.9. The summed E-state index contributed by atoms with van der Waals surface area (Å²) < 4.78 is 0. The highest BCUT2D eigenvalue weighted by atomic mass is 16.3. The van der Waals surface area contributed by atoms with Crippen LogP contribution in [0.1, 0.15) is 15.9 Å². The summed E-state index contributed by atoms with van der Waals surface area (Å²) >= 11 is 0. The molecule has 2 aliphatic heterocycles. The molecule has 30 heavy (non-hydrogen) atoms. The number of rotatable bonds is 5. The zero-order valence-corrected chi connectivity index (χ0v) is 17.6. The van der Waals surface area contributed by atoms with Gasteiger partial charge in [-0.05, 0) is 31.2 Å². The minimum atomic E-state index is 0.0939. The molecule has 0 atom stereocenters. The van der Waals surface area contributed by atoms with Gasteiger partial charge in [-0.15, -0.1) is 10.2 Å². The van der Waals surface area contributed by atoms with Crippen molar-refractivity contribution in [3.05, 3.63) is 47.5 Å². The highest BCUT2D eigenvalue weighted by Crippen LogP contribution is 2.18. The lowest BCUT2D eigenvalue weighted by molar-refractivity contribution is 0.0746. The summed E-state index contributed by atoms with van der Waals surface area (Å²) in [5, 5.41) is 18.0. The Bertz CT molecular complexity index is 826. The van der Waals surface area contributed by atoms with Gasteiger partial charge in [-0.1, -0.05) is 17.7 Å². The smallest absolute Gasteiger partial charge is 0.253 e. The first kappa shape index (κ1) is 20.6. The first-order valence-corrected chi connectivity index (χ1v) is 10.7. The van der Waals surface area contributed by atoms with Crippen molar-refractivity contribution in [2.75, 3.05) is 75.3 Å². The fraction of sp³-hybridized carbons (Fsp3) is 0.500. The lowest BCUT2D eigenvalue weighted by atomic mass is 10.1. The van der Waals surface area contributed by atoms with Gasteiger partial charge in [-0.25, -0.2) is 0 Å². The van der Waals surface area contributed by atoms with Gasteiger partial charge in [0.2, 0.25) is 0 Å². The van der Waals surface area contributed by atoms with E-state index in [-0.39, 0.29) is 12.5 Å². The van der Waals surface area contributed by atoms with Crippen LogP contribution in [0.15, 0.2) is 36.4 Å². The molecule has 0 unspecified atom stereocenters. The number of piperazine rings is 2. The molecule has 1 aromatic heterocycles. The van der Waals surface area contributed by atoms with Crippen LogP contribution in [0.3, 0.4) is 0 Å². The summed E-state index contributed by atoms with van der Waals surface area (Å²) in [5.74, 6) is 1.85. The van der Waals surface area contributed by atoms with E-state index in [1.54, 1.807) is 0 Å². The number of amides is 1. The number of aryl methyl sites for hydroxylation is 1. The summed E-state index contributed by atoms with van der Waals surface area (Å²) in [6.07, 6.45) is 0. The maximum Gasteiger partial charge on any atom is 0.253 e. The molecule has 2 fully saturated rings. The molecule has 0 saturated carbocycles. The van der Waals surface area contributed by atoms with Gasteiger partial charge in [-0.2, -0.15) is 0 Å². The molecule has 0 spiro atoms. The molecule has 1 aromatic carbocycles. The molecule has 2 aliphatic rings. The van der Waals surface area contributed by atoms with Crippen molar-refractivity contribution >= 4 is 17.5 Å². The van der Waals surface area contributed by atoms with Gasteiger partial charge in [-0.3, -0.25) is 9.69 Å². The fourth-order valence-electron chi connectivity index (χ4n) is 4.01. The molecule has 0 aliphatic carbocycles. The van der Waals surface area contributed by atoms with Crippen LogP contribution in [0.5, 0.6) is 0 Å². The Balaban J connectivity index is 1.30. The third kappa shape index (κ3) is 4.71. The molecule has 2 aromatic rings. The Labute approximate surface area is 177 Å². The van der Waals surface area contributed by atoms with Gasteiger partial charge >= 0.3 is 0 Å². The van der Waals surface area contributed by atoms with E-state index in [0.29, 0.717) is 13.1 Å². The van der Waals surface area contributed by atoms with E-state index < -0.39 is 0 Å². The molecule has 0 bridgehead atoms. The maximum absolute atomic E-state index is 12.7. The van der Waals surface area contributed by atoms with Gasteiger partial charge in [0.05, 0.1) is 6.61 Å².